The number of hydrogen-bond donors (Lipinski definition) is 1. The lowest BCUT2D eigenvalue weighted by Gasteiger charge is -2.37. The first-order chi connectivity index (χ1) is 8.70. The largest absolute Gasteiger partial charge is 0.315 e. The molecule has 1 aromatic carbocycles. The predicted molar refractivity (Wildman–Crippen MR) is 81.5 cm³/mol. The van der Waals surface area contributed by atoms with Crippen molar-refractivity contribution in [3.05, 3.63) is 35.4 Å². The summed E-state index contributed by atoms with van der Waals surface area (Å²) in [5.41, 5.74) is 2.77. The summed E-state index contributed by atoms with van der Waals surface area (Å²) in [7, 11) is 4.34. The van der Waals surface area contributed by atoms with Crippen LogP contribution in [0.2, 0.25) is 0 Å². The Kier molecular flexibility index (Phi) is 5.10. The Hall–Kier alpha value is -0.510. The lowest BCUT2D eigenvalue weighted by Crippen LogP contribution is -2.52. The van der Waals surface area contributed by atoms with Crippen molar-refractivity contribution < 1.29 is 0 Å². The van der Waals surface area contributed by atoms with Crippen molar-refractivity contribution in [3.8, 4) is 0 Å². The van der Waals surface area contributed by atoms with Crippen LogP contribution in [0.4, 0.5) is 0 Å². The Balaban J connectivity index is 2.02. The number of benzene rings is 1. The second-order valence-electron chi connectivity index (χ2n) is 5.21. The molecule has 2 rings (SSSR count). The average molecular weight is 264 g/mol. The summed E-state index contributed by atoms with van der Waals surface area (Å²) in [5, 5.41) is 3.51. The van der Waals surface area contributed by atoms with Gasteiger partial charge in [-0.05, 0) is 33.0 Å². The molecule has 1 aliphatic heterocycles. The lowest BCUT2D eigenvalue weighted by molar-refractivity contribution is 0.219. The van der Waals surface area contributed by atoms with Crippen LogP contribution in [-0.2, 0) is 6.42 Å². The molecule has 18 heavy (non-hydrogen) atoms. The molecule has 1 fully saturated rings. The first-order valence-corrected chi connectivity index (χ1v) is 7.87. The zero-order chi connectivity index (χ0) is 13.0. The summed E-state index contributed by atoms with van der Waals surface area (Å²) < 4.78 is 0. The van der Waals surface area contributed by atoms with Gasteiger partial charge in [0, 0.05) is 30.1 Å². The third-order valence-corrected chi connectivity index (χ3v) is 4.90. The number of aryl methyl sites for hydroxylation is 1. The van der Waals surface area contributed by atoms with Crippen LogP contribution in [0.5, 0.6) is 0 Å². The van der Waals surface area contributed by atoms with Crippen molar-refractivity contribution in [2.24, 2.45) is 0 Å². The average Bonchev–Trinajstić information content (AvgIpc) is 2.39. The number of rotatable bonds is 4. The van der Waals surface area contributed by atoms with Crippen molar-refractivity contribution in [1.82, 2.24) is 10.2 Å². The number of nitrogens with one attached hydrogen (secondary N) is 1. The fourth-order valence-electron chi connectivity index (χ4n) is 2.54. The van der Waals surface area contributed by atoms with Crippen LogP contribution in [0.15, 0.2) is 24.3 Å². The van der Waals surface area contributed by atoms with Gasteiger partial charge in [-0.2, -0.15) is 11.8 Å². The smallest absolute Gasteiger partial charge is 0.0340 e. The summed E-state index contributed by atoms with van der Waals surface area (Å²) >= 11 is 2.08. The van der Waals surface area contributed by atoms with E-state index in [1.165, 1.54) is 29.2 Å². The molecular weight excluding hydrogens is 240 g/mol. The Bertz CT molecular complexity index is 363. The summed E-state index contributed by atoms with van der Waals surface area (Å²) in [5.74, 6) is 2.52. The van der Waals surface area contributed by atoms with Crippen LogP contribution < -0.4 is 5.32 Å². The summed E-state index contributed by atoms with van der Waals surface area (Å²) in [6.45, 7) is 3.35. The van der Waals surface area contributed by atoms with Gasteiger partial charge >= 0.3 is 0 Å². The number of nitrogens with zero attached hydrogens (tertiary/aromatic N) is 1. The van der Waals surface area contributed by atoms with E-state index in [1.807, 2.05) is 0 Å². The van der Waals surface area contributed by atoms with Crippen LogP contribution in [0.3, 0.4) is 0 Å². The van der Waals surface area contributed by atoms with E-state index < -0.39 is 0 Å². The van der Waals surface area contributed by atoms with Gasteiger partial charge < -0.3 is 10.2 Å². The number of thioether (sulfide) groups is 1. The van der Waals surface area contributed by atoms with E-state index in [1.54, 1.807) is 0 Å². The lowest BCUT2D eigenvalue weighted by atomic mass is 9.98. The molecule has 1 saturated heterocycles. The zero-order valence-corrected chi connectivity index (χ0v) is 12.5. The van der Waals surface area contributed by atoms with Crippen LogP contribution in [0, 0.1) is 6.92 Å². The molecule has 2 nitrogen and oxygen atoms in total. The topological polar surface area (TPSA) is 15.3 Å². The second kappa shape index (κ2) is 6.60. The van der Waals surface area contributed by atoms with E-state index in [9.17, 15) is 0 Å². The predicted octanol–water partition coefficient (Wildman–Crippen LogP) is 2.17. The fourth-order valence-corrected chi connectivity index (χ4v) is 3.85. The van der Waals surface area contributed by atoms with Crippen molar-refractivity contribution in [3.63, 3.8) is 0 Å². The minimum absolute atomic E-state index is 0.547. The monoisotopic (exact) mass is 264 g/mol. The van der Waals surface area contributed by atoms with Crippen LogP contribution in [0.25, 0.3) is 0 Å². The molecule has 0 bridgehead atoms. The molecule has 2 unspecified atom stereocenters. The third kappa shape index (κ3) is 3.50. The van der Waals surface area contributed by atoms with Gasteiger partial charge in [0.25, 0.3) is 0 Å². The van der Waals surface area contributed by atoms with E-state index in [0.29, 0.717) is 12.1 Å². The Morgan fingerprint density at radius 2 is 2.11 bits per heavy atom. The summed E-state index contributed by atoms with van der Waals surface area (Å²) in [6, 6.07) is 10.1. The molecule has 0 radical (unpaired) electrons. The molecule has 1 aromatic rings. The SMILES string of the molecule is CNC(Cc1ccc(C)cc1)C1CSCCN1C. The van der Waals surface area contributed by atoms with Gasteiger partial charge in [-0.3, -0.25) is 0 Å². The highest BCUT2D eigenvalue weighted by molar-refractivity contribution is 7.99. The molecule has 0 saturated carbocycles. The highest BCUT2D eigenvalue weighted by Crippen LogP contribution is 2.19. The summed E-state index contributed by atoms with van der Waals surface area (Å²) in [4.78, 5) is 2.51. The second-order valence-corrected chi connectivity index (χ2v) is 6.36. The molecule has 2 atom stereocenters. The van der Waals surface area contributed by atoms with Gasteiger partial charge in [0.2, 0.25) is 0 Å². The van der Waals surface area contributed by atoms with Gasteiger partial charge in [0.15, 0.2) is 0 Å². The molecule has 1 N–H and O–H groups in total. The first kappa shape index (κ1) is 13.9. The van der Waals surface area contributed by atoms with E-state index >= 15 is 0 Å². The zero-order valence-electron chi connectivity index (χ0n) is 11.6. The fraction of sp³-hybridized carbons (Fsp3) is 0.600. The molecule has 1 heterocycles. The van der Waals surface area contributed by atoms with Crippen molar-refractivity contribution in [2.75, 3.05) is 32.1 Å². The quantitative estimate of drug-likeness (QED) is 0.897. The van der Waals surface area contributed by atoms with Crippen molar-refractivity contribution in [2.45, 2.75) is 25.4 Å². The minimum Gasteiger partial charge on any atom is -0.315 e. The van der Waals surface area contributed by atoms with E-state index in [0.717, 1.165) is 6.42 Å². The van der Waals surface area contributed by atoms with E-state index in [2.05, 4.69) is 67.3 Å². The van der Waals surface area contributed by atoms with E-state index in [-0.39, 0.29) is 0 Å². The number of likely N-dealkylation sites (N-methyl/N-ethyl adjacent to an activating group) is 2. The molecule has 3 heteroatoms. The maximum Gasteiger partial charge on any atom is 0.0340 e. The normalized spacial score (nSPS) is 22.9. The van der Waals surface area contributed by atoms with Gasteiger partial charge in [-0.15, -0.1) is 0 Å². The van der Waals surface area contributed by atoms with Gasteiger partial charge in [0.05, 0.1) is 0 Å². The van der Waals surface area contributed by atoms with Gasteiger partial charge in [0.1, 0.15) is 0 Å². The minimum atomic E-state index is 0.547. The standard InChI is InChI=1S/C15H24N2S/c1-12-4-6-13(7-5-12)10-14(16-2)15-11-18-9-8-17(15)3/h4-7,14-16H,8-11H2,1-3H3. The van der Waals surface area contributed by atoms with E-state index in [4.69, 9.17) is 0 Å². The Morgan fingerprint density at radius 3 is 2.72 bits per heavy atom. The Labute approximate surface area is 115 Å². The molecule has 0 amide bonds. The summed E-state index contributed by atoms with van der Waals surface area (Å²) in [6.07, 6.45) is 1.12. The third-order valence-electron chi connectivity index (χ3n) is 3.85. The maximum atomic E-state index is 3.51. The molecular formula is C15H24N2S. The van der Waals surface area contributed by atoms with Crippen molar-refractivity contribution in [1.29, 1.82) is 0 Å². The highest BCUT2D eigenvalue weighted by atomic mass is 32.2. The van der Waals surface area contributed by atoms with Gasteiger partial charge in [-0.25, -0.2) is 0 Å². The molecule has 100 valence electrons. The Morgan fingerprint density at radius 1 is 1.39 bits per heavy atom. The molecule has 0 aliphatic carbocycles. The van der Waals surface area contributed by atoms with Crippen molar-refractivity contribution >= 4 is 11.8 Å². The molecule has 0 spiro atoms. The van der Waals surface area contributed by atoms with Crippen LogP contribution in [0.1, 0.15) is 11.1 Å². The molecule has 0 aromatic heterocycles. The van der Waals surface area contributed by atoms with Crippen LogP contribution in [-0.4, -0.2) is 49.1 Å². The number of hydrogen-bond acceptors (Lipinski definition) is 3. The van der Waals surface area contributed by atoms with Crippen LogP contribution >= 0.6 is 11.8 Å². The molecule has 1 aliphatic rings. The first-order valence-electron chi connectivity index (χ1n) is 6.71. The van der Waals surface area contributed by atoms with Gasteiger partial charge in [-0.1, -0.05) is 29.8 Å². The maximum absolute atomic E-state index is 3.51. The highest BCUT2D eigenvalue weighted by Gasteiger charge is 2.26.